The van der Waals surface area contributed by atoms with Crippen molar-refractivity contribution in [3.05, 3.63) is 29.6 Å². The molecule has 1 unspecified atom stereocenters. The second-order valence-electron chi connectivity index (χ2n) is 5.17. The van der Waals surface area contributed by atoms with Crippen LogP contribution in [0.4, 0.5) is 28.0 Å². The molecule has 0 heterocycles. The number of aliphatic hydroxyl groups excluding tert-OH is 1. The SMILES string of the molecule is CC(C)C(O)CCNC(=O)Nc1cc(C(F)(F)F)ccc1F. The summed E-state index contributed by atoms with van der Waals surface area (Å²) >= 11 is 0. The van der Waals surface area contributed by atoms with E-state index in [4.69, 9.17) is 0 Å². The lowest BCUT2D eigenvalue weighted by Crippen LogP contribution is -2.32. The number of halogens is 4. The van der Waals surface area contributed by atoms with Gasteiger partial charge in [-0.05, 0) is 30.5 Å². The van der Waals surface area contributed by atoms with E-state index in [-0.39, 0.29) is 18.9 Å². The average Bonchev–Trinajstić information content (AvgIpc) is 2.39. The molecule has 1 aromatic carbocycles. The van der Waals surface area contributed by atoms with Crippen molar-refractivity contribution in [2.24, 2.45) is 5.92 Å². The minimum absolute atomic E-state index is 0.0192. The van der Waals surface area contributed by atoms with Crippen LogP contribution in [0.5, 0.6) is 0 Å². The Morgan fingerprint density at radius 3 is 2.50 bits per heavy atom. The van der Waals surface area contributed by atoms with E-state index in [1.165, 1.54) is 0 Å². The van der Waals surface area contributed by atoms with E-state index in [2.05, 4.69) is 5.32 Å². The summed E-state index contributed by atoms with van der Waals surface area (Å²) in [6.07, 6.45) is -4.94. The lowest BCUT2D eigenvalue weighted by molar-refractivity contribution is -0.137. The van der Waals surface area contributed by atoms with E-state index in [0.717, 1.165) is 0 Å². The van der Waals surface area contributed by atoms with E-state index in [1.807, 2.05) is 19.2 Å². The number of urea groups is 1. The van der Waals surface area contributed by atoms with Gasteiger partial charge in [0.2, 0.25) is 0 Å². The first-order valence-electron chi connectivity index (χ1n) is 6.71. The van der Waals surface area contributed by atoms with Crippen LogP contribution in [-0.4, -0.2) is 23.8 Å². The molecule has 0 saturated heterocycles. The molecule has 22 heavy (non-hydrogen) atoms. The molecule has 0 bridgehead atoms. The van der Waals surface area contributed by atoms with Gasteiger partial charge in [0.25, 0.3) is 0 Å². The summed E-state index contributed by atoms with van der Waals surface area (Å²) in [4.78, 5) is 11.5. The minimum Gasteiger partial charge on any atom is -0.393 e. The van der Waals surface area contributed by atoms with Gasteiger partial charge < -0.3 is 15.7 Å². The molecule has 1 aromatic rings. The van der Waals surface area contributed by atoms with Crippen molar-refractivity contribution in [1.29, 1.82) is 0 Å². The first kappa shape index (κ1) is 18.2. The Morgan fingerprint density at radius 2 is 1.95 bits per heavy atom. The van der Waals surface area contributed by atoms with E-state index in [1.54, 1.807) is 0 Å². The van der Waals surface area contributed by atoms with Gasteiger partial charge in [-0.1, -0.05) is 13.8 Å². The Morgan fingerprint density at radius 1 is 1.32 bits per heavy atom. The lowest BCUT2D eigenvalue weighted by atomic mass is 10.0. The van der Waals surface area contributed by atoms with Gasteiger partial charge in [-0.25, -0.2) is 9.18 Å². The largest absolute Gasteiger partial charge is 0.416 e. The second-order valence-corrected chi connectivity index (χ2v) is 5.17. The molecule has 3 N–H and O–H groups in total. The topological polar surface area (TPSA) is 61.4 Å². The van der Waals surface area contributed by atoms with Gasteiger partial charge in [0, 0.05) is 6.54 Å². The maximum Gasteiger partial charge on any atom is 0.416 e. The van der Waals surface area contributed by atoms with Crippen molar-refractivity contribution < 1.29 is 27.5 Å². The normalized spacial score (nSPS) is 13.1. The zero-order valence-corrected chi connectivity index (χ0v) is 12.2. The smallest absolute Gasteiger partial charge is 0.393 e. The van der Waals surface area contributed by atoms with Crippen LogP contribution >= 0.6 is 0 Å². The Bertz CT molecular complexity index is 518. The van der Waals surface area contributed by atoms with Crippen molar-refractivity contribution in [1.82, 2.24) is 5.32 Å². The molecule has 0 aliphatic rings. The van der Waals surface area contributed by atoms with Gasteiger partial charge in [-0.3, -0.25) is 0 Å². The van der Waals surface area contributed by atoms with Crippen LogP contribution in [0, 0.1) is 11.7 Å². The number of rotatable bonds is 5. The number of benzene rings is 1. The second kappa shape index (κ2) is 7.44. The van der Waals surface area contributed by atoms with Crippen LogP contribution in [0.1, 0.15) is 25.8 Å². The third-order valence-corrected chi connectivity index (χ3v) is 3.04. The number of hydrogen-bond donors (Lipinski definition) is 3. The fourth-order valence-corrected chi connectivity index (χ4v) is 1.63. The van der Waals surface area contributed by atoms with Gasteiger partial charge in [-0.15, -0.1) is 0 Å². The monoisotopic (exact) mass is 322 g/mol. The maximum atomic E-state index is 13.4. The molecule has 0 spiro atoms. The Kier molecular flexibility index (Phi) is 6.16. The van der Waals surface area contributed by atoms with Gasteiger partial charge in [0.1, 0.15) is 5.82 Å². The van der Waals surface area contributed by atoms with E-state index in [9.17, 15) is 27.5 Å². The van der Waals surface area contributed by atoms with Crippen LogP contribution < -0.4 is 10.6 Å². The maximum absolute atomic E-state index is 13.4. The predicted molar refractivity (Wildman–Crippen MR) is 73.9 cm³/mol. The molecule has 0 fully saturated rings. The fraction of sp³-hybridized carbons (Fsp3) is 0.500. The zero-order chi connectivity index (χ0) is 16.9. The highest BCUT2D eigenvalue weighted by Gasteiger charge is 2.31. The van der Waals surface area contributed by atoms with Crippen LogP contribution in [0.15, 0.2) is 18.2 Å². The van der Waals surface area contributed by atoms with Gasteiger partial charge in [0.15, 0.2) is 0 Å². The molecule has 0 saturated carbocycles. The van der Waals surface area contributed by atoms with E-state index >= 15 is 0 Å². The summed E-state index contributed by atoms with van der Waals surface area (Å²) in [6, 6.07) is 0.921. The predicted octanol–water partition coefficient (Wildman–Crippen LogP) is 3.37. The molecule has 2 amide bonds. The molecule has 0 aliphatic carbocycles. The van der Waals surface area contributed by atoms with Crippen molar-refractivity contribution in [2.75, 3.05) is 11.9 Å². The van der Waals surface area contributed by atoms with E-state index in [0.29, 0.717) is 18.2 Å². The molecular weight excluding hydrogens is 304 g/mol. The highest BCUT2D eigenvalue weighted by molar-refractivity contribution is 5.89. The van der Waals surface area contributed by atoms with Gasteiger partial charge >= 0.3 is 12.2 Å². The first-order chi connectivity index (χ1) is 10.1. The average molecular weight is 322 g/mol. The van der Waals surface area contributed by atoms with Crippen LogP contribution in [0.3, 0.4) is 0 Å². The Balaban J connectivity index is 2.61. The number of aliphatic hydroxyl groups is 1. The van der Waals surface area contributed by atoms with Crippen LogP contribution in [-0.2, 0) is 6.18 Å². The number of hydrogen-bond acceptors (Lipinski definition) is 2. The molecular formula is C14H18F4N2O2. The molecule has 4 nitrogen and oxygen atoms in total. The number of nitrogens with one attached hydrogen (secondary N) is 2. The summed E-state index contributed by atoms with van der Waals surface area (Å²) in [5.41, 5.74) is -1.61. The third-order valence-electron chi connectivity index (χ3n) is 3.04. The summed E-state index contributed by atoms with van der Waals surface area (Å²) in [7, 11) is 0. The Labute approximate surface area is 125 Å². The molecule has 8 heteroatoms. The van der Waals surface area contributed by atoms with Gasteiger partial charge in [0.05, 0.1) is 17.4 Å². The standard InChI is InChI=1S/C14H18F4N2O2/c1-8(2)12(21)5-6-19-13(22)20-11-7-9(14(16,17)18)3-4-10(11)15/h3-4,7-8,12,21H,5-6H2,1-2H3,(H2,19,20,22). The molecule has 1 atom stereocenters. The van der Waals surface area contributed by atoms with Crippen molar-refractivity contribution in [3.8, 4) is 0 Å². The third kappa shape index (κ3) is 5.51. The summed E-state index contributed by atoms with van der Waals surface area (Å²) in [5, 5.41) is 13.9. The minimum atomic E-state index is -4.62. The first-order valence-corrected chi connectivity index (χ1v) is 6.71. The van der Waals surface area contributed by atoms with Crippen molar-refractivity contribution in [2.45, 2.75) is 32.5 Å². The number of carbonyl (C=O) groups is 1. The number of carbonyl (C=O) groups excluding carboxylic acids is 1. The lowest BCUT2D eigenvalue weighted by Gasteiger charge is -2.15. The van der Waals surface area contributed by atoms with E-state index < -0.39 is 35.4 Å². The van der Waals surface area contributed by atoms with Gasteiger partial charge in [-0.2, -0.15) is 13.2 Å². The highest BCUT2D eigenvalue weighted by Crippen LogP contribution is 2.31. The molecule has 1 rings (SSSR count). The van der Waals surface area contributed by atoms with Crippen molar-refractivity contribution in [3.63, 3.8) is 0 Å². The fourth-order valence-electron chi connectivity index (χ4n) is 1.63. The summed E-state index contributed by atoms with van der Waals surface area (Å²) in [5.74, 6) is -0.948. The zero-order valence-electron chi connectivity index (χ0n) is 12.2. The molecule has 0 radical (unpaired) electrons. The highest BCUT2D eigenvalue weighted by atomic mass is 19.4. The molecule has 124 valence electrons. The van der Waals surface area contributed by atoms with Crippen LogP contribution in [0.25, 0.3) is 0 Å². The Hall–Kier alpha value is -1.83. The number of alkyl halides is 3. The summed E-state index contributed by atoms with van der Waals surface area (Å²) < 4.78 is 51.0. The summed E-state index contributed by atoms with van der Waals surface area (Å²) in [6.45, 7) is 3.73. The number of amides is 2. The van der Waals surface area contributed by atoms with Crippen molar-refractivity contribution >= 4 is 11.7 Å². The van der Waals surface area contributed by atoms with Crippen LogP contribution in [0.2, 0.25) is 0 Å². The molecule has 0 aliphatic heterocycles. The quantitative estimate of drug-likeness (QED) is 0.728. The number of anilines is 1. The molecule has 0 aromatic heterocycles.